The Bertz CT molecular complexity index is 755. The lowest BCUT2D eigenvalue weighted by molar-refractivity contribution is 0.341. The molecule has 2 aromatic heterocycles. The Kier molecular flexibility index (Phi) is 3.51. The summed E-state index contributed by atoms with van der Waals surface area (Å²) in [6.45, 7) is 2.47. The van der Waals surface area contributed by atoms with Gasteiger partial charge < -0.3 is 14.4 Å². The Morgan fingerprint density at radius 2 is 2.10 bits per heavy atom. The molecule has 0 saturated heterocycles. The first-order chi connectivity index (χ1) is 10.3. The minimum Gasteiger partial charge on any atom is -0.506 e. The first-order valence-corrected chi connectivity index (χ1v) is 6.48. The van der Waals surface area contributed by atoms with Gasteiger partial charge in [0, 0.05) is 6.20 Å². The van der Waals surface area contributed by atoms with Crippen LogP contribution in [0.3, 0.4) is 0 Å². The average Bonchev–Trinajstić information content (AvgIpc) is 2.98. The number of benzene rings is 1. The minimum atomic E-state index is 0.0435. The molecule has 106 valence electrons. The van der Waals surface area contributed by atoms with E-state index >= 15 is 0 Å². The summed E-state index contributed by atoms with van der Waals surface area (Å²) in [4.78, 5) is 8.21. The van der Waals surface area contributed by atoms with E-state index in [1.54, 1.807) is 6.20 Å². The van der Waals surface area contributed by atoms with Crippen LogP contribution >= 0.6 is 0 Å². The van der Waals surface area contributed by atoms with E-state index in [-0.39, 0.29) is 5.75 Å². The molecular weight excluding hydrogens is 270 g/mol. The number of aromatic nitrogens is 3. The first kappa shape index (κ1) is 13.1. The summed E-state index contributed by atoms with van der Waals surface area (Å²) >= 11 is 0. The van der Waals surface area contributed by atoms with Crippen molar-refractivity contribution in [2.45, 2.75) is 6.92 Å². The van der Waals surface area contributed by atoms with Gasteiger partial charge in [0.1, 0.15) is 11.5 Å². The highest BCUT2D eigenvalue weighted by Crippen LogP contribution is 2.29. The third-order valence-corrected chi connectivity index (χ3v) is 2.82. The van der Waals surface area contributed by atoms with Gasteiger partial charge in [-0.1, -0.05) is 17.3 Å². The fourth-order valence-corrected chi connectivity index (χ4v) is 1.93. The van der Waals surface area contributed by atoms with E-state index in [0.29, 0.717) is 29.6 Å². The van der Waals surface area contributed by atoms with Gasteiger partial charge in [-0.25, -0.2) is 0 Å². The molecule has 0 amide bonds. The van der Waals surface area contributed by atoms with Crippen molar-refractivity contribution < 1.29 is 14.4 Å². The number of rotatable bonds is 4. The molecule has 0 spiro atoms. The summed E-state index contributed by atoms with van der Waals surface area (Å²) in [6, 6.07) is 8.99. The highest BCUT2D eigenvalue weighted by Gasteiger charge is 2.14. The standard InChI is InChI=1S/C15H13N3O3/c1-2-20-13-6-4-3-5-12(13)14-17-15(21-18-14)10-7-11(19)9-16-8-10/h3-9,19H,2H2,1H3. The second kappa shape index (κ2) is 5.62. The third kappa shape index (κ3) is 2.69. The molecule has 2 heterocycles. The van der Waals surface area contributed by atoms with Crippen LogP contribution in [0.15, 0.2) is 47.2 Å². The highest BCUT2D eigenvalue weighted by molar-refractivity contribution is 5.65. The fourth-order valence-electron chi connectivity index (χ4n) is 1.93. The molecule has 0 unspecified atom stereocenters. The summed E-state index contributed by atoms with van der Waals surface area (Å²) in [5.74, 6) is 1.46. The van der Waals surface area contributed by atoms with Crippen LogP contribution in [0.2, 0.25) is 0 Å². The largest absolute Gasteiger partial charge is 0.506 e. The summed E-state index contributed by atoms with van der Waals surface area (Å²) in [7, 11) is 0. The van der Waals surface area contributed by atoms with E-state index in [4.69, 9.17) is 9.26 Å². The van der Waals surface area contributed by atoms with Crippen LogP contribution in [0, 0.1) is 0 Å². The molecule has 21 heavy (non-hydrogen) atoms. The van der Waals surface area contributed by atoms with Gasteiger partial charge in [-0.05, 0) is 25.1 Å². The van der Waals surface area contributed by atoms with E-state index in [1.807, 2.05) is 31.2 Å². The van der Waals surface area contributed by atoms with Crippen LogP contribution < -0.4 is 4.74 Å². The van der Waals surface area contributed by atoms with Crippen LogP contribution in [0.25, 0.3) is 22.8 Å². The molecule has 3 rings (SSSR count). The van der Waals surface area contributed by atoms with E-state index in [0.717, 1.165) is 5.56 Å². The maximum Gasteiger partial charge on any atom is 0.259 e. The van der Waals surface area contributed by atoms with Crippen molar-refractivity contribution in [2.75, 3.05) is 6.61 Å². The quantitative estimate of drug-likeness (QED) is 0.792. The third-order valence-electron chi connectivity index (χ3n) is 2.82. The number of hydrogen-bond donors (Lipinski definition) is 1. The van der Waals surface area contributed by atoms with Crippen LogP contribution in [0.4, 0.5) is 0 Å². The molecule has 6 nitrogen and oxygen atoms in total. The van der Waals surface area contributed by atoms with Crippen molar-refractivity contribution in [2.24, 2.45) is 0 Å². The van der Waals surface area contributed by atoms with Gasteiger partial charge in [0.2, 0.25) is 5.82 Å². The number of aromatic hydroxyl groups is 1. The van der Waals surface area contributed by atoms with Gasteiger partial charge >= 0.3 is 0 Å². The summed E-state index contributed by atoms with van der Waals surface area (Å²) < 4.78 is 10.8. The maximum atomic E-state index is 9.44. The van der Waals surface area contributed by atoms with Gasteiger partial charge in [0.25, 0.3) is 5.89 Å². The molecular formula is C15H13N3O3. The Labute approximate surface area is 121 Å². The number of ether oxygens (including phenoxy) is 1. The Hall–Kier alpha value is -2.89. The van der Waals surface area contributed by atoms with Crippen molar-refractivity contribution in [3.63, 3.8) is 0 Å². The Balaban J connectivity index is 1.99. The lowest BCUT2D eigenvalue weighted by Gasteiger charge is -2.05. The molecule has 0 atom stereocenters. The van der Waals surface area contributed by atoms with Gasteiger partial charge in [-0.2, -0.15) is 4.98 Å². The zero-order chi connectivity index (χ0) is 14.7. The predicted molar refractivity (Wildman–Crippen MR) is 75.8 cm³/mol. The zero-order valence-corrected chi connectivity index (χ0v) is 11.4. The van der Waals surface area contributed by atoms with E-state index in [2.05, 4.69) is 15.1 Å². The van der Waals surface area contributed by atoms with Crippen molar-refractivity contribution in [1.29, 1.82) is 0 Å². The first-order valence-electron chi connectivity index (χ1n) is 6.48. The van der Waals surface area contributed by atoms with Crippen LogP contribution in [-0.4, -0.2) is 26.8 Å². The fraction of sp³-hybridized carbons (Fsp3) is 0.133. The van der Waals surface area contributed by atoms with Gasteiger partial charge in [-0.15, -0.1) is 0 Å². The van der Waals surface area contributed by atoms with Gasteiger partial charge in [-0.3, -0.25) is 4.98 Å². The second-order valence-corrected chi connectivity index (χ2v) is 4.28. The van der Waals surface area contributed by atoms with Crippen molar-refractivity contribution >= 4 is 0 Å². The number of pyridine rings is 1. The van der Waals surface area contributed by atoms with Crippen molar-refractivity contribution in [3.8, 4) is 34.3 Å². The summed E-state index contributed by atoms with van der Waals surface area (Å²) in [5, 5.41) is 13.4. The van der Waals surface area contributed by atoms with E-state index in [1.165, 1.54) is 12.3 Å². The van der Waals surface area contributed by atoms with Gasteiger partial charge in [0.15, 0.2) is 0 Å². The smallest absolute Gasteiger partial charge is 0.259 e. The number of hydrogen-bond acceptors (Lipinski definition) is 6. The van der Waals surface area contributed by atoms with Crippen LogP contribution in [-0.2, 0) is 0 Å². The Morgan fingerprint density at radius 3 is 2.90 bits per heavy atom. The zero-order valence-electron chi connectivity index (χ0n) is 11.4. The molecule has 3 aromatic rings. The number of para-hydroxylation sites is 1. The molecule has 0 saturated carbocycles. The molecule has 1 N–H and O–H groups in total. The average molecular weight is 283 g/mol. The molecule has 0 aliphatic heterocycles. The lowest BCUT2D eigenvalue weighted by Crippen LogP contribution is -1.94. The molecule has 1 aromatic carbocycles. The molecule has 0 fully saturated rings. The van der Waals surface area contributed by atoms with E-state index < -0.39 is 0 Å². The molecule has 0 aliphatic rings. The van der Waals surface area contributed by atoms with Crippen LogP contribution in [0.5, 0.6) is 11.5 Å². The maximum absolute atomic E-state index is 9.44. The second-order valence-electron chi connectivity index (χ2n) is 4.28. The number of nitrogens with zero attached hydrogens (tertiary/aromatic N) is 3. The van der Waals surface area contributed by atoms with E-state index in [9.17, 15) is 5.11 Å². The molecule has 0 radical (unpaired) electrons. The minimum absolute atomic E-state index is 0.0435. The highest BCUT2D eigenvalue weighted by atomic mass is 16.5. The molecule has 6 heteroatoms. The lowest BCUT2D eigenvalue weighted by atomic mass is 10.2. The topological polar surface area (TPSA) is 81.3 Å². The van der Waals surface area contributed by atoms with Crippen LogP contribution in [0.1, 0.15) is 6.92 Å². The summed E-state index contributed by atoms with van der Waals surface area (Å²) in [5.41, 5.74) is 1.31. The normalized spacial score (nSPS) is 10.5. The van der Waals surface area contributed by atoms with Crippen molar-refractivity contribution in [3.05, 3.63) is 42.7 Å². The summed E-state index contributed by atoms with van der Waals surface area (Å²) in [6.07, 6.45) is 2.89. The predicted octanol–water partition coefficient (Wildman–Crippen LogP) is 2.90. The molecule has 0 bridgehead atoms. The Morgan fingerprint density at radius 1 is 1.24 bits per heavy atom. The monoisotopic (exact) mass is 283 g/mol. The van der Waals surface area contributed by atoms with Gasteiger partial charge in [0.05, 0.1) is 23.9 Å². The van der Waals surface area contributed by atoms with Crippen molar-refractivity contribution in [1.82, 2.24) is 15.1 Å². The SMILES string of the molecule is CCOc1ccccc1-c1noc(-c2cncc(O)c2)n1. The molecule has 0 aliphatic carbocycles.